The second-order valence-corrected chi connectivity index (χ2v) is 10.8. The summed E-state index contributed by atoms with van der Waals surface area (Å²) in [6.07, 6.45) is 3.54. The van der Waals surface area contributed by atoms with Crippen LogP contribution in [0.2, 0.25) is 0 Å². The van der Waals surface area contributed by atoms with Crippen LogP contribution in [0, 0.1) is 5.92 Å². The third kappa shape index (κ3) is 6.17. The van der Waals surface area contributed by atoms with Crippen molar-refractivity contribution in [2.45, 2.75) is 37.1 Å². The van der Waals surface area contributed by atoms with E-state index in [1.54, 1.807) is 18.2 Å². The molecule has 1 aliphatic rings. The summed E-state index contributed by atoms with van der Waals surface area (Å²) in [5.41, 5.74) is 1.32. The van der Waals surface area contributed by atoms with E-state index in [-0.39, 0.29) is 17.1 Å². The number of nitrogens with zero attached hydrogens (tertiary/aromatic N) is 1. The van der Waals surface area contributed by atoms with Gasteiger partial charge in [0.25, 0.3) is 5.91 Å². The van der Waals surface area contributed by atoms with Crippen molar-refractivity contribution in [1.82, 2.24) is 9.62 Å². The molecule has 2 heterocycles. The van der Waals surface area contributed by atoms with Gasteiger partial charge in [0.1, 0.15) is 6.04 Å². The normalized spacial score (nSPS) is 17.5. The molecular formula is C26H29N3O5S. The maximum Gasteiger partial charge on any atom is 0.287 e. The van der Waals surface area contributed by atoms with E-state index >= 15 is 0 Å². The predicted molar refractivity (Wildman–Crippen MR) is 132 cm³/mol. The lowest BCUT2D eigenvalue weighted by Crippen LogP contribution is -2.45. The Morgan fingerprint density at radius 3 is 2.46 bits per heavy atom. The van der Waals surface area contributed by atoms with Gasteiger partial charge in [-0.1, -0.05) is 37.3 Å². The number of rotatable bonds is 8. The fourth-order valence-corrected chi connectivity index (χ4v) is 5.75. The number of anilines is 1. The van der Waals surface area contributed by atoms with E-state index in [1.807, 2.05) is 30.3 Å². The minimum absolute atomic E-state index is 0.109. The van der Waals surface area contributed by atoms with E-state index in [0.29, 0.717) is 24.7 Å². The number of piperidine rings is 1. The van der Waals surface area contributed by atoms with Gasteiger partial charge < -0.3 is 15.1 Å². The molecule has 9 heteroatoms. The number of benzene rings is 2. The Kier molecular flexibility index (Phi) is 7.67. The number of nitrogens with one attached hydrogen (secondary N) is 2. The Labute approximate surface area is 205 Å². The minimum Gasteiger partial charge on any atom is -0.459 e. The van der Waals surface area contributed by atoms with Crippen molar-refractivity contribution in [2.75, 3.05) is 18.4 Å². The van der Waals surface area contributed by atoms with E-state index in [1.165, 1.54) is 28.8 Å². The average Bonchev–Trinajstić information content (AvgIpc) is 3.40. The first-order valence-electron chi connectivity index (χ1n) is 11.6. The molecule has 1 fully saturated rings. The van der Waals surface area contributed by atoms with E-state index < -0.39 is 27.9 Å². The Bertz CT molecular complexity index is 1240. The minimum atomic E-state index is -3.59. The SMILES string of the molecule is C[C@@H]1CCCN(S(=O)(=O)c2ccc(NC(=O)[C@@H](Cc3ccccc3)NC(=O)c3ccco3)cc2)C1. The fourth-order valence-electron chi connectivity index (χ4n) is 4.15. The Morgan fingerprint density at radius 1 is 1.06 bits per heavy atom. The molecule has 1 aromatic heterocycles. The summed E-state index contributed by atoms with van der Waals surface area (Å²) in [7, 11) is -3.59. The zero-order valence-electron chi connectivity index (χ0n) is 19.5. The molecule has 0 radical (unpaired) electrons. The van der Waals surface area contributed by atoms with Gasteiger partial charge in [0, 0.05) is 25.2 Å². The number of carbonyl (C=O) groups excluding carboxylic acids is 2. The Balaban J connectivity index is 1.47. The van der Waals surface area contributed by atoms with Crippen LogP contribution in [0.1, 0.15) is 35.9 Å². The molecule has 0 bridgehead atoms. The molecule has 1 saturated heterocycles. The third-order valence-electron chi connectivity index (χ3n) is 6.03. The zero-order valence-corrected chi connectivity index (χ0v) is 20.3. The molecule has 2 aromatic carbocycles. The van der Waals surface area contributed by atoms with Crippen molar-refractivity contribution in [2.24, 2.45) is 5.92 Å². The lowest BCUT2D eigenvalue weighted by Gasteiger charge is -2.30. The van der Waals surface area contributed by atoms with Crippen LogP contribution in [-0.4, -0.2) is 43.7 Å². The second kappa shape index (κ2) is 10.9. The van der Waals surface area contributed by atoms with Crippen LogP contribution in [0.3, 0.4) is 0 Å². The van der Waals surface area contributed by atoms with E-state index in [4.69, 9.17) is 4.42 Å². The summed E-state index contributed by atoms with van der Waals surface area (Å²) in [5, 5.41) is 5.51. The topological polar surface area (TPSA) is 109 Å². The van der Waals surface area contributed by atoms with Crippen LogP contribution in [0.4, 0.5) is 5.69 Å². The van der Waals surface area contributed by atoms with Crippen molar-refractivity contribution < 1.29 is 22.4 Å². The first-order chi connectivity index (χ1) is 16.8. The third-order valence-corrected chi connectivity index (χ3v) is 7.91. The highest BCUT2D eigenvalue weighted by atomic mass is 32.2. The molecule has 0 spiro atoms. The smallest absolute Gasteiger partial charge is 0.287 e. The van der Waals surface area contributed by atoms with Crippen LogP contribution >= 0.6 is 0 Å². The molecule has 1 aliphatic heterocycles. The molecule has 184 valence electrons. The van der Waals surface area contributed by atoms with Gasteiger partial charge in [-0.3, -0.25) is 9.59 Å². The standard InChI is InChI=1S/C26H29N3O5S/c1-19-7-5-15-29(18-19)35(32,33)22-13-11-21(12-14-22)27-25(30)23(17-20-8-3-2-4-9-20)28-26(31)24-10-6-16-34-24/h2-4,6,8-14,16,19,23H,5,7,15,17-18H2,1H3,(H,27,30)(H,28,31)/t19-,23-/m1/s1. The lowest BCUT2D eigenvalue weighted by atomic mass is 10.0. The largest absolute Gasteiger partial charge is 0.459 e. The number of hydrogen-bond acceptors (Lipinski definition) is 5. The number of amides is 2. The van der Waals surface area contributed by atoms with Crippen molar-refractivity contribution in [1.29, 1.82) is 0 Å². The van der Waals surface area contributed by atoms with Crippen molar-refractivity contribution >= 4 is 27.5 Å². The first kappa shape index (κ1) is 24.7. The molecule has 2 N–H and O–H groups in total. The highest BCUT2D eigenvalue weighted by molar-refractivity contribution is 7.89. The van der Waals surface area contributed by atoms with Gasteiger partial charge in [0.15, 0.2) is 5.76 Å². The second-order valence-electron chi connectivity index (χ2n) is 8.82. The van der Waals surface area contributed by atoms with Crippen LogP contribution in [0.15, 0.2) is 82.3 Å². The van der Waals surface area contributed by atoms with Crippen LogP contribution in [0.5, 0.6) is 0 Å². The summed E-state index contributed by atoms with van der Waals surface area (Å²) >= 11 is 0. The maximum atomic E-state index is 13.1. The van der Waals surface area contributed by atoms with Crippen LogP contribution in [0.25, 0.3) is 0 Å². The molecule has 2 atom stereocenters. The van der Waals surface area contributed by atoms with E-state index in [9.17, 15) is 18.0 Å². The van der Waals surface area contributed by atoms with E-state index in [2.05, 4.69) is 17.6 Å². The quantitative estimate of drug-likeness (QED) is 0.496. The van der Waals surface area contributed by atoms with Crippen molar-refractivity contribution in [3.8, 4) is 0 Å². The molecule has 0 aliphatic carbocycles. The molecule has 2 amide bonds. The average molecular weight is 496 g/mol. The molecule has 3 aromatic rings. The molecular weight excluding hydrogens is 466 g/mol. The Hall–Kier alpha value is -3.43. The highest BCUT2D eigenvalue weighted by Crippen LogP contribution is 2.24. The van der Waals surface area contributed by atoms with Crippen LogP contribution < -0.4 is 10.6 Å². The van der Waals surface area contributed by atoms with Crippen molar-refractivity contribution in [3.05, 3.63) is 84.3 Å². The number of hydrogen-bond donors (Lipinski definition) is 2. The highest BCUT2D eigenvalue weighted by Gasteiger charge is 2.29. The monoisotopic (exact) mass is 495 g/mol. The van der Waals surface area contributed by atoms with Gasteiger partial charge >= 0.3 is 0 Å². The summed E-state index contributed by atoms with van der Waals surface area (Å²) in [6, 6.07) is 17.7. The number of carbonyl (C=O) groups is 2. The Morgan fingerprint density at radius 2 is 1.80 bits per heavy atom. The van der Waals surface area contributed by atoms with Crippen molar-refractivity contribution in [3.63, 3.8) is 0 Å². The molecule has 8 nitrogen and oxygen atoms in total. The first-order valence-corrected chi connectivity index (χ1v) is 13.1. The molecule has 0 saturated carbocycles. The molecule has 0 unspecified atom stereocenters. The van der Waals surface area contributed by atoms with Crippen LogP contribution in [-0.2, 0) is 21.2 Å². The van der Waals surface area contributed by atoms with Gasteiger partial charge in [-0.15, -0.1) is 0 Å². The summed E-state index contributed by atoms with van der Waals surface area (Å²) < 4.78 is 32.7. The number of furan rings is 1. The van der Waals surface area contributed by atoms with Gasteiger partial charge in [0.05, 0.1) is 11.2 Å². The summed E-state index contributed by atoms with van der Waals surface area (Å²) in [5.74, 6) is -0.482. The zero-order chi connectivity index (χ0) is 24.8. The number of sulfonamides is 1. The predicted octanol–water partition coefficient (Wildman–Crippen LogP) is 3.68. The molecule has 35 heavy (non-hydrogen) atoms. The van der Waals surface area contributed by atoms with Gasteiger partial charge in [0.2, 0.25) is 15.9 Å². The maximum absolute atomic E-state index is 13.1. The van der Waals surface area contributed by atoms with E-state index in [0.717, 1.165) is 18.4 Å². The van der Waals surface area contributed by atoms with Gasteiger partial charge in [-0.25, -0.2) is 8.42 Å². The lowest BCUT2D eigenvalue weighted by molar-refractivity contribution is -0.118. The summed E-state index contributed by atoms with van der Waals surface area (Å²) in [4.78, 5) is 25.8. The summed E-state index contributed by atoms with van der Waals surface area (Å²) in [6.45, 7) is 3.08. The molecule has 4 rings (SSSR count). The van der Waals surface area contributed by atoms with Gasteiger partial charge in [-0.05, 0) is 60.7 Å². The fraction of sp³-hybridized carbons (Fsp3) is 0.308. The van der Waals surface area contributed by atoms with Gasteiger partial charge in [-0.2, -0.15) is 4.31 Å².